The van der Waals surface area contributed by atoms with Gasteiger partial charge < -0.3 is 5.32 Å². The predicted octanol–water partition coefficient (Wildman–Crippen LogP) is 4.53. The molecule has 2 aromatic rings. The molecule has 0 aromatic heterocycles. The number of carbonyl (C=O) groups is 1. The Balaban J connectivity index is 2.35. The zero-order chi connectivity index (χ0) is 20.4. The monoisotopic (exact) mass is 408 g/mol. The largest absolute Gasteiger partial charge is 0.349 e. The van der Waals surface area contributed by atoms with Crippen LogP contribution in [-0.2, 0) is 10.0 Å². The second-order valence-corrected chi connectivity index (χ2v) is 9.13. The van der Waals surface area contributed by atoms with E-state index in [-0.39, 0.29) is 33.3 Å². The molecule has 2 N–H and O–H groups in total. The first-order valence-electron chi connectivity index (χ1n) is 8.71. The maximum Gasteiger partial charge on any atom is 0.263 e. The van der Waals surface area contributed by atoms with Crippen LogP contribution in [0.4, 0.5) is 5.69 Å². The second kappa shape index (κ2) is 8.31. The van der Waals surface area contributed by atoms with Crippen molar-refractivity contribution in [2.45, 2.75) is 45.6 Å². The van der Waals surface area contributed by atoms with E-state index in [9.17, 15) is 13.2 Å². The quantitative estimate of drug-likeness (QED) is 0.737. The molecule has 0 spiro atoms. The van der Waals surface area contributed by atoms with E-state index in [0.29, 0.717) is 5.69 Å². The molecule has 5 nitrogen and oxygen atoms in total. The number of carbonyl (C=O) groups excluding carboxylic acids is 1. The van der Waals surface area contributed by atoms with Gasteiger partial charge in [0.1, 0.15) is 4.90 Å². The van der Waals surface area contributed by atoms with E-state index in [1.165, 1.54) is 18.2 Å². The van der Waals surface area contributed by atoms with Crippen molar-refractivity contribution in [1.29, 1.82) is 0 Å². The minimum atomic E-state index is -3.94. The van der Waals surface area contributed by atoms with E-state index in [4.69, 9.17) is 11.6 Å². The van der Waals surface area contributed by atoms with Crippen LogP contribution in [0.2, 0.25) is 5.02 Å². The molecule has 0 aliphatic heterocycles. The third-order valence-electron chi connectivity index (χ3n) is 4.47. The van der Waals surface area contributed by atoms with Crippen LogP contribution in [0.25, 0.3) is 0 Å². The molecule has 1 atom stereocenters. The molecule has 0 saturated carbocycles. The lowest BCUT2D eigenvalue weighted by molar-refractivity contribution is 0.0930. The third kappa shape index (κ3) is 5.23. The van der Waals surface area contributed by atoms with Gasteiger partial charge in [-0.3, -0.25) is 9.52 Å². The minimum absolute atomic E-state index is 0.0402. The standard InChI is InChI=1S/C20H25ClN2O3S/c1-12(2)15(5)22-20(24)16-7-8-17(21)19(11-16)27(25,26)23-18-9-6-13(3)10-14(18)4/h6-12,15,23H,1-5H3,(H,22,24)/t15-/m0/s1. The molecule has 0 bridgehead atoms. The zero-order valence-corrected chi connectivity index (χ0v) is 17.7. The molecule has 2 aromatic carbocycles. The molecular formula is C20H25ClN2O3S. The van der Waals surface area contributed by atoms with Crippen LogP contribution in [0.15, 0.2) is 41.3 Å². The van der Waals surface area contributed by atoms with Gasteiger partial charge in [-0.1, -0.05) is 43.1 Å². The molecule has 146 valence electrons. The molecule has 0 heterocycles. The molecular weight excluding hydrogens is 384 g/mol. The maximum absolute atomic E-state index is 12.8. The fourth-order valence-electron chi connectivity index (χ4n) is 2.44. The van der Waals surface area contributed by atoms with Crippen LogP contribution < -0.4 is 10.0 Å². The summed E-state index contributed by atoms with van der Waals surface area (Å²) < 4.78 is 28.2. The summed E-state index contributed by atoms with van der Waals surface area (Å²) in [5, 5.41) is 2.92. The normalized spacial score (nSPS) is 12.7. The Labute approximate surface area is 166 Å². The van der Waals surface area contributed by atoms with E-state index in [1.54, 1.807) is 6.07 Å². The van der Waals surface area contributed by atoms with Gasteiger partial charge in [0.2, 0.25) is 0 Å². The Morgan fingerprint density at radius 2 is 1.70 bits per heavy atom. The summed E-state index contributed by atoms with van der Waals surface area (Å²) in [5.74, 6) is -0.0773. The van der Waals surface area contributed by atoms with Gasteiger partial charge in [0, 0.05) is 11.6 Å². The number of nitrogens with one attached hydrogen (secondary N) is 2. The Morgan fingerprint density at radius 3 is 2.30 bits per heavy atom. The molecule has 0 fully saturated rings. The average Bonchev–Trinajstić information content (AvgIpc) is 2.57. The summed E-state index contributed by atoms with van der Waals surface area (Å²) in [5.41, 5.74) is 2.55. The van der Waals surface area contributed by atoms with E-state index < -0.39 is 10.0 Å². The van der Waals surface area contributed by atoms with Crippen LogP contribution in [0.3, 0.4) is 0 Å². The molecule has 0 aliphatic rings. The molecule has 7 heteroatoms. The van der Waals surface area contributed by atoms with Crippen molar-refractivity contribution in [3.63, 3.8) is 0 Å². The highest BCUT2D eigenvalue weighted by Gasteiger charge is 2.22. The first-order valence-corrected chi connectivity index (χ1v) is 10.6. The fourth-order valence-corrected chi connectivity index (χ4v) is 4.09. The summed E-state index contributed by atoms with van der Waals surface area (Å²) in [4.78, 5) is 12.3. The maximum atomic E-state index is 12.8. The Kier molecular flexibility index (Phi) is 6.54. The van der Waals surface area contributed by atoms with Gasteiger partial charge in [-0.2, -0.15) is 0 Å². The predicted molar refractivity (Wildman–Crippen MR) is 110 cm³/mol. The van der Waals surface area contributed by atoms with Crippen molar-refractivity contribution < 1.29 is 13.2 Å². The molecule has 0 saturated heterocycles. The summed E-state index contributed by atoms with van der Waals surface area (Å²) in [7, 11) is -3.94. The van der Waals surface area contributed by atoms with Crippen molar-refractivity contribution in [3.8, 4) is 0 Å². The minimum Gasteiger partial charge on any atom is -0.349 e. The van der Waals surface area contributed by atoms with Crippen molar-refractivity contribution in [3.05, 3.63) is 58.1 Å². The van der Waals surface area contributed by atoms with Gasteiger partial charge in [0.15, 0.2) is 0 Å². The Bertz CT molecular complexity index is 956. The molecule has 0 unspecified atom stereocenters. The molecule has 2 rings (SSSR count). The smallest absolute Gasteiger partial charge is 0.263 e. The van der Waals surface area contributed by atoms with E-state index in [2.05, 4.69) is 10.0 Å². The van der Waals surface area contributed by atoms with Gasteiger partial charge in [-0.05, 0) is 56.5 Å². The van der Waals surface area contributed by atoms with Gasteiger partial charge in [-0.15, -0.1) is 0 Å². The van der Waals surface area contributed by atoms with Gasteiger partial charge >= 0.3 is 0 Å². The van der Waals surface area contributed by atoms with E-state index in [0.717, 1.165) is 11.1 Å². The number of anilines is 1. The molecule has 1 amide bonds. The first-order chi connectivity index (χ1) is 12.5. The SMILES string of the molecule is Cc1ccc(NS(=O)(=O)c2cc(C(=O)N[C@@H](C)C(C)C)ccc2Cl)c(C)c1. The first kappa shape index (κ1) is 21.3. The lowest BCUT2D eigenvalue weighted by Crippen LogP contribution is -2.36. The lowest BCUT2D eigenvalue weighted by atomic mass is 10.1. The van der Waals surface area contributed by atoms with E-state index in [1.807, 2.05) is 46.8 Å². The highest BCUT2D eigenvalue weighted by molar-refractivity contribution is 7.92. The van der Waals surface area contributed by atoms with Crippen LogP contribution in [0.1, 0.15) is 42.3 Å². The van der Waals surface area contributed by atoms with Crippen molar-refractivity contribution >= 4 is 33.2 Å². The number of hydrogen-bond acceptors (Lipinski definition) is 3. The number of benzene rings is 2. The number of hydrogen-bond donors (Lipinski definition) is 2. The second-order valence-electron chi connectivity index (χ2n) is 7.08. The molecule has 0 aliphatic carbocycles. The number of aryl methyl sites for hydroxylation is 2. The average molecular weight is 409 g/mol. The fraction of sp³-hybridized carbons (Fsp3) is 0.350. The van der Waals surface area contributed by atoms with Gasteiger partial charge in [0.05, 0.1) is 10.7 Å². The third-order valence-corrected chi connectivity index (χ3v) is 6.31. The van der Waals surface area contributed by atoms with Crippen molar-refractivity contribution in [1.82, 2.24) is 5.32 Å². The highest BCUT2D eigenvalue weighted by atomic mass is 35.5. The van der Waals surface area contributed by atoms with Crippen LogP contribution in [-0.4, -0.2) is 20.4 Å². The number of amides is 1. The topological polar surface area (TPSA) is 75.3 Å². The summed E-state index contributed by atoms with van der Waals surface area (Å²) in [6, 6.07) is 9.61. The van der Waals surface area contributed by atoms with Crippen molar-refractivity contribution in [2.75, 3.05) is 4.72 Å². The van der Waals surface area contributed by atoms with Crippen LogP contribution in [0, 0.1) is 19.8 Å². The summed E-state index contributed by atoms with van der Waals surface area (Å²) in [6.45, 7) is 9.65. The Morgan fingerprint density at radius 1 is 1.04 bits per heavy atom. The zero-order valence-electron chi connectivity index (χ0n) is 16.1. The summed E-state index contributed by atoms with van der Waals surface area (Å²) in [6.07, 6.45) is 0. The molecule has 0 radical (unpaired) electrons. The van der Waals surface area contributed by atoms with Crippen LogP contribution >= 0.6 is 11.6 Å². The molecule has 27 heavy (non-hydrogen) atoms. The van der Waals surface area contributed by atoms with E-state index >= 15 is 0 Å². The van der Waals surface area contributed by atoms with Gasteiger partial charge in [-0.25, -0.2) is 8.42 Å². The lowest BCUT2D eigenvalue weighted by Gasteiger charge is -2.18. The number of sulfonamides is 1. The Hall–Kier alpha value is -2.05. The van der Waals surface area contributed by atoms with Crippen LogP contribution in [0.5, 0.6) is 0 Å². The summed E-state index contributed by atoms with van der Waals surface area (Å²) >= 11 is 6.12. The number of rotatable bonds is 6. The van der Waals surface area contributed by atoms with Crippen molar-refractivity contribution in [2.24, 2.45) is 5.92 Å². The number of halogens is 1. The van der Waals surface area contributed by atoms with Gasteiger partial charge in [0.25, 0.3) is 15.9 Å². The highest BCUT2D eigenvalue weighted by Crippen LogP contribution is 2.26.